The zero-order valence-corrected chi connectivity index (χ0v) is 6.68. The standard InChI is InChI=1S/C8H8F2N2O/c9-6-2-1-5(3-7(6)10)4-12-8(11)13/h1-3H,4H2,(H3,11,12,13). The lowest BCUT2D eigenvalue weighted by Crippen LogP contribution is -2.28. The number of halogens is 2. The van der Waals surface area contributed by atoms with Crippen molar-refractivity contribution in [1.82, 2.24) is 5.32 Å². The summed E-state index contributed by atoms with van der Waals surface area (Å²) in [6.45, 7) is 0.0898. The molecule has 0 saturated heterocycles. The van der Waals surface area contributed by atoms with Gasteiger partial charge in [0.05, 0.1) is 0 Å². The summed E-state index contributed by atoms with van der Waals surface area (Å²) in [4.78, 5) is 10.3. The molecule has 1 aromatic rings. The van der Waals surface area contributed by atoms with Gasteiger partial charge in [-0.25, -0.2) is 13.6 Å². The van der Waals surface area contributed by atoms with Gasteiger partial charge in [0.25, 0.3) is 0 Å². The molecular formula is C8H8F2N2O. The highest BCUT2D eigenvalue weighted by molar-refractivity contribution is 5.71. The van der Waals surface area contributed by atoms with Crippen LogP contribution in [0, 0.1) is 11.6 Å². The first-order chi connectivity index (χ1) is 6.09. The van der Waals surface area contributed by atoms with Crippen LogP contribution in [-0.4, -0.2) is 6.03 Å². The molecule has 0 fully saturated rings. The average Bonchev–Trinajstić information content (AvgIpc) is 2.07. The third kappa shape index (κ3) is 2.70. The van der Waals surface area contributed by atoms with Crippen LogP contribution in [0.15, 0.2) is 18.2 Å². The maximum atomic E-state index is 12.6. The molecule has 1 rings (SSSR count). The molecule has 0 spiro atoms. The molecule has 0 radical (unpaired) electrons. The largest absolute Gasteiger partial charge is 0.352 e. The monoisotopic (exact) mass is 186 g/mol. The van der Waals surface area contributed by atoms with Crippen molar-refractivity contribution in [3.8, 4) is 0 Å². The molecule has 3 nitrogen and oxygen atoms in total. The van der Waals surface area contributed by atoms with Gasteiger partial charge in [-0.1, -0.05) is 6.07 Å². The second-order valence-corrected chi connectivity index (χ2v) is 2.47. The van der Waals surface area contributed by atoms with Crippen LogP contribution < -0.4 is 11.1 Å². The molecule has 0 aromatic heterocycles. The number of hydrogen-bond donors (Lipinski definition) is 2. The fraction of sp³-hybridized carbons (Fsp3) is 0.125. The smallest absolute Gasteiger partial charge is 0.312 e. The highest BCUT2D eigenvalue weighted by Gasteiger charge is 2.02. The highest BCUT2D eigenvalue weighted by Crippen LogP contribution is 2.07. The van der Waals surface area contributed by atoms with E-state index in [-0.39, 0.29) is 6.54 Å². The summed E-state index contributed by atoms with van der Waals surface area (Å²) in [6.07, 6.45) is 0. The van der Waals surface area contributed by atoms with Crippen LogP contribution in [0.25, 0.3) is 0 Å². The van der Waals surface area contributed by atoms with Crippen molar-refractivity contribution in [3.05, 3.63) is 35.4 Å². The lowest BCUT2D eigenvalue weighted by molar-refractivity contribution is 0.248. The summed E-state index contributed by atoms with van der Waals surface area (Å²) >= 11 is 0. The Kier molecular flexibility index (Phi) is 2.79. The number of carbonyl (C=O) groups is 1. The minimum atomic E-state index is -0.941. The van der Waals surface area contributed by atoms with Gasteiger partial charge in [0.1, 0.15) is 0 Å². The Labute approximate surface area is 73.5 Å². The van der Waals surface area contributed by atoms with Gasteiger partial charge < -0.3 is 11.1 Å². The molecule has 0 aliphatic heterocycles. The van der Waals surface area contributed by atoms with Crippen molar-refractivity contribution in [3.63, 3.8) is 0 Å². The van der Waals surface area contributed by atoms with E-state index in [1.165, 1.54) is 6.07 Å². The summed E-state index contributed by atoms with van der Waals surface area (Å²) in [6, 6.07) is 2.66. The first-order valence-corrected chi connectivity index (χ1v) is 3.57. The van der Waals surface area contributed by atoms with Crippen molar-refractivity contribution in [2.45, 2.75) is 6.54 Å². The molecule has 0 heterocycles. The molecular weight excluding hydrogens is 178 g/mol. The fourth-order valence-corrected chi connectivity index (χ4v) is 0.839. The fourth-order valence-electron chi connectivity index (χ4n) is 0.839. The van der Waals surface area contributed by atoms with Crippen molar-refractivity contribution in [2.24, 2.45) is 5.73 Å². The maximum absolute atomic E-state index is 12.6. The number of carbonyl (C=O) groups excluding carboxylic acids is 1. The molecule has 0 atom stereocenters. The van der Waals surface area contributed by atoms with Gasteiger partial charge in [-0.05, 0) is 17.7 Å². The topological polar surface area (TPSA) is 55.1 Å². The van der Waals surface area contributed by atoms with E-state index >= 15 is 0 Å². The molecule has 13 heavy (non-hydrogen) atoms. The van der Waals surface area contributed by atoms with E-state index in [2.05, 4.69) is 5.32 Å². The molecule has 0 saturated carbocycles. The summed E-state index contributed by atoms with van der Waals surface area (Å²) in [5.41, 5.74) is 5.25. The molecule has 0 aliphatic carbocycles. The molecule has 0 unspecified atom stereocenters. The van der Waals surface area contributed by atoms with Gasteiger partial charge >= 0.3 is 6.03 Å². The number of rotatable bonds is 2. The summed E-state index contributed by atoms with van der Waals surface area (Å²) in [5.74, 6) is -1.86. The summed E-state index contributed by atoms with van der Waals surface area (Å²) < 4.78 is 25.0. The third-order valence-corrected chi connectivity index (χ3v) is 1.45. The van der Waals surface area contributed by atoms with E-state index in [0.717, 1.165) is 12.1 Å². The Morgan fingerprint density at radius 2 is 2.08 bits per heavy atom. The molecule has 3 N–H and O–H groups in total. The number of benzene rings is 1. The quantitative estimate of drug-likeness (QED) is 0.714. The summed E-state index contributed by atoms with van der Waals surface area (Å²) in [5, 5.41) is 2.26. The van der Waals surface area contributed by atoms with Crippen LogP contribution >= 0.6 is 0 Å². The SMILES string of the molecule is NC(=O)NCc1ccc(F)c(F)c1. The number of urea groups is 1. The number of nitrogens with one attached hydrogen (secondary N) is 1. The zero-order chi connectivity index (χ0) is 9.84. The van der Waals surface area contributed by atoms with Gasteiger partial charge in [-0.3, -0.25) is 0 Å². The number of hydrogen-bond acceptors (Lipinski definition) is 1. The predicted octanol–water partition coefficient (Wildman–Crippen LogP) is 1.13. The van der Waals surface area contributed by atoms with Crippen LogP contribution in [0.2, 0.25) is 0 Å². The van der Waals surface area contributed by atoms with Crippen LogP contribution in [0.5, 0.6) is 0 Å². The highest BCUT2D eigenvalue weighted by atomic mass is 19.2. The number of amides is 2. The average molecular weight is 186 g/mol. The van der Waals surface area contributed by atoms with Gasteiger partial charge in [0, 0.05) is 6.54 Å². The number of nitrogens with two attached hydrogens (primary N) is 1. The van der Waals surface area contributed by atoms with Gasteiger partial charge in [-0.15, -0.1) is 0 Å². The lowest BCUT2D eigenvalue weighted by Gasteiger charge is -2.01. The van der Waals surface area contributed by atoms with Crippen molar-refractivity contribution in [1.29, 1.82) is 0 Å². The maximum Gasteiger partial charge on any atom is 0.312 e. The second-order valence-electron chi connectivity index (χ2n) is 2.47. The van der Waals surface area contributed by atoms with E-state index < -0.39 is 17.7 Å². The Morgan fingerprint density at radius 1 is 1.38 bits per heavy atom. The van der Waals surface area contributed by atoms with Crippen molar-refractivity contribution in [2.75, 3.05) is 0 Å². The zero-order valence-electron chi connectivity index (χ0n) is 6.68. The molecule has 2 amide bonds. The Morgan fingerprint density at radius 3 is 2.62 bits per heavy atom. The Balaban J connectivity index is 2.68. The Bertz CT molecular complexity index is 328. The molecule has 1 aromatic carbocycles. The summed E-state index contributed by atoms with van der Waals surface area (Å²) in [7, 11) is 0. The predicted molar refractivity (Wildman–Crippen MR) is 42.8 cm³/mol. The van der Waals surface area contributed by atoms with Gasteiger partial charge in [0.2, 0.25) is 0 Å². The minimum Gasteiger partial charge on any atom is -0.352 e. The van der Waals surface area contributed by atoms with Crippen LogP contribution in [0.3, 0.4) is 0 Å². The van der Waals surface area contributed by atoms with E-state index in [1.807, 2.05) is 0 Å². The first-order valence-electron chi connectivity index (χ1n) is 3.57. The molecule has 0 bridgehead atoms. The van der Waals surface area contributed by atoms with Gasteiger partial charge in [-0.2, -0.15) is 0 Å². The van der Waals surface area contributed by atoms with Crippen molar-refractivity contribution < 1.29 is 13.6 Å². The van der Waals surface area contributed by atoms with E-state index in [1.54, 1.807) is 0 Å². The number of primary amides is 1. The first kappa shape index (κ1) is 9.44. The minimum absolute atomic E-state index is 0.0898. The second kappa shape index (κ2) is 3.84. The Hall–Kier alpha value is -1.65. The molecule has 5 heteroatoms. The molecule has 0 aliphatic rings. The van der Waals surface area contributed by atoms with Gasteiger partial charge in [0.15, 0.2) is 11.6 Å². The van der Waals surface area contributed by atoms with E-state index in [0.29, 0.717) is 5.56 Å². The molecule has 70 valence electrons. The van der Waals surface area contributed by atoms with Crippen LogP contribution in [-0.2, 0) is 6.54 Å². The lowest BCUT2D eigenvalue weighted by atomic mass is 10.2. The normalized spacial score (nSPS) is 9.69. The van der Waals surface area contributed by atoms with E-state index in [9.17, 15) is 13.6 Å². The van der Waals surface area contributed by atoms with Crippen LogP contribution in [0.4, 0.5) is 13.6 Å². The van der Waals surface area contributed by atoms with Crippen LogP contribution in [0.1, 0.15) is 5.56 Å². The van der Waals surface area contributed by atoms with E-state index in [4.69, 9.17) is 5.73 Å². The van der Waals surface area contributed by atoms with Crippen molar-refractivity contribution >= 4 is 6.03 Å². The third-order valence-electron chi connectivity index (χ3n) is 1.45.